The van der Waals surface area contributed by atoms with Gasteiger partial charge in [-0.15, -0.1) is 0 Å². The Morgan fingerprint density at radius 1 is 1.25 bits per heavy atom. The van der Waals surface area contributed by atoms with Crippen LogP contribution in [-0.2, 0) is 5.75 Å². The van der Waals surface area contributed by atoms with Crippen LogP contribution >= 0.6 is 23.4 Å². The summed E-state index contributed by atoms with van der Waals surface area (Å²) in [6, 6.07) is 8.57. The van der Waals surface area contributed by atoms with E-state index in [9.17, 15) is 0 Å². The van der Waals surface area contributed by atoms with E-state index in [-0.39, 0.29) is 0 Å². The van der Waals surface area contributed by atoms with E-state index in [0.29, 0.717) is 6.04 Å². The molecule has 0 saturated heterocycles. The molecule has 1 nitrogen and oxygen atoms in total. The molecule has 2 atom stereocenters. The average molecular weight is 256 g/mol. The fourth-order valence-electron chi connectivity index (χ4n) is 2.13. The van der Waals surface area contributed by atoms with Crippen LogP contribution in [0, 0.1) is 0 Å². The highest BCUT2D eigenvalue weighted by molar-refractivity contribution is 7.99. The van der Waals surface area contributed by atoms with Crippen molar-refractivity contribution in [3.8, 4) is 0 Å². The van der Waals surface area contributed by atoms with Crippen LogP contribution < -0.4 is 5.73 Å². The molecule has 0 aromatic heterocycles. The third-order valence-corrected chi connectivity index (χ3v) is 4.72. The van der Waals surface area contributed by atoms with Crippen molar-refractivity contribution in [3.05, 3.63) is 34.9 Å². The van der Waals surface area contributed by atoms with Crippen LogP contribution in [0.2, 0.25) is 5.02 Å². The summed E-state index contributed by atoms with van der Waals surface area (Å²) in [4.78, 5) is 0. The predicted octanol–water partition coefficient (Wildman–Crippen LogP) is 3.84. The van der Waals surface area contributed by atoms with E-state index in [1.54, 1.807) is 0 Å². The van der Waals surface area contributed by atoms with Crippen molar-refractivity contribution < 1.29 is 0 Å². The van der Waals surface area contributed by atoms with Crippen molar-refractivity contribution >= 4 is 23.4 Å². The summed E-state index contributed by atoms with van der Waals surface area (Å²) in [6.45, 7) is 0. The van der Waals surface area contributed by atoms with Gasteiger partial charge in [0.2, 0.25) is 0 Å². The Hall–Kier alpha value is -0.180. The Morgan fingerprint density at radius 2 is 2.00 bits per heavy atom. The number of halogens is 1. The zero-order valence-electron chi connectivity index (χ0n) is 9.36. The van der Waals surface area contributed by atoms with Crippen molar-refractivity contribution in [1.82, 2.24) is 0 Å². The summed E-state index contributed by atoms with van der Waals surface area (Å²) in [5.74, 6) is 1.08. The second kappa shape index (κ2) is 5.95. The molecule has 0 spiro atoms. The molecule has 16 heavy (non-hydrogen) atoms. The Bertz CT molecular complexity index is 325. The van der Waals surface area contributed by atoms with Crippen LogP contribution in [-0.4, -0.2) is 11.3 Å². The lowest BCUT2D eigenvalue weighted by Gasteiger charge is -2.26. The average Bonchev–Trinajstić information content (AvgIpc) is 2.28. The third kappa shape index (κ3) is 3.69. The van der Waals surface area contributed by atoms with E-state index in [4.69, 9.17) is 17.3 Å². The molecule has 1 aromatic carbocycles. The maximum absolute atomic E-state index is 5.98. The molecule has 2 unspecified atom stereocenters. The molecule has 0 radical (unpaired) electrons. The number of hydrogen-bond donors (Lipinski definition) is 1. The maximum Gasteiger partial charge on any atom is 0.0406 e. The molecule has 0 aliphatic heterocycles. The zero-order chi connectivity index (χ0) is 11.4. The minimum absolute atomic E-state index is 0.427. The van der Waals surface area contributed by atoms with Gasteiger partial charge >= 0.3 is 0 Å². The molecular formula is C13H18ClNS. The summed E-state index contributed by atoms with van der Waals surface area (Å²) < 4.78 is 0. The van der Waals surface area contributed by atoms with Gasteiger partial charge < -0.3 is 5.73 Å². The normalized spacial score (nSPS) is 25.6. The van der Waals surface area contributed by atoms with E-state index >= 15 is 0 Å². The highest BCUT2D eigenvalue weighted by Crippen LogP contribution is 2.30. The first-order valence-electron chi connectivity index (χ1n) is 5.85. The second-order valence-electron chi connectivity index (χ2n) is 4.49. The van der Waals surface area contributed by atoms with Crippen LogP contribution in [0.15, 0.2) is 24.3 Å². The summed E-state index contributed by atoms with van der Waals surface area (Å²) in [6.07, 6.45) is 5.00. The highest BCUT2D eigenvalue weighted by Gasteiger charge is 2.19. The van der Waals surface area contributed by atoms with Crippen molar-refractivity contribution in [1.29, 1.82) is 0 Å². The molecule has 1 aliphatic carbocycles. The SMILES string of the molecule is NC1CCCC(SCc2ccc(Cl)cc2)C1. The van der Waals surface area contributed by atoms with Gasteiger partial charge in [-0.1, -0.05) is 30.2 Å². The number of hydrogen-bond acceptors (Lipinski definition) is 2. The first-order chi connectivity index (χ1) is 7.74. The van der Waals surface area contributed by atoms with Gasteiger partial charge in [-0.05, 0) is 37.0 Å². The topological polar surface area (TPSA) is 26.0 Å². The number of benzene rings is 1. The van der Waals surface area contributed by atoms with E-state index in [2.05, 4.69) is 12.1 Å². The summed E-state index contributed by atoms with van der Waals surface area (Å²) in [7, 11) is 0. The molecule has 0 heterocycles. The smallest absolute Gasteiger partial charge is 0.0406 e. The van der Waals surface area contributed by atoms with Crippen molar-refractivity contribution in [3.63, 3.8) is 0 Å². The molecule has 3 heteroatoms. The molecule has 0 amide bonds. The lowest BCUT2D eigenvalue weighted by molar-refractivity contribution is 0.451. The van der Waals surface area contributed by atoms with Gasteiger partial charge in [0, 0.05) is 22.1 Å². The van der Waals surface area contributed by atoms with Crippen molar-refractivity contribution in [2.75, 3.05) is 0 Å². The monoisotopic (exact) mass is 255 g/mol. The van der Waals surface area contributed by atoms with Crippen LogP contribution in [0.5, 0.6) is 0 Å². The van der Waals surface area contributed by atoms with E-state index in [1.807, 2.05) is 23.9 Å². The van der Waals surface area contributed by atoms with Crippen LogP contribution in [0.25, 0.3) is 0 Å². The van der Waals surface area contributed by atoms with Gasteiger partial charge in [-0.3, -0.25) is 0 Å². The van der Waals surface area contributed by atoms with E-state index in [0.717, 1.165) is 16.0 Å². The summed E-state index contributed by atoms with van der Waals surface area (Å²) >= 11 is 7.89. The van der Waals surface area contributed by atoms with Gasteiger partial charge in [-0.25, -0.2) is 0 Å². The molecule has 1 aliphatic rings. The first kappa shape index (κ1) is 12.3. The standard InChI is InChI=1S/C13H18ClNS/c14-11-6-4-10(5-7-11)9-16-13-3-1-2-12(15)8-13/h4-7,12-13H,1-3,8-9,15H2. The molecule has 1 fully saturated rings. The molecule has 1 saturated carbocycles. The quantitative estimate of drug-likeness (QED) is 0.888. The molecule has 88 valence electrons. The summed E-state index contributed by atoms with van der Waals surface area (Å²) in [5.41, 5.74) is 7.34. The lowest BCUT2D eigenvalue weighted by Crippen LogP contribution is -2.29. The number of nitrogens with two attached hydrogens (primary N) is 1. The molecule has 2 N–H and O–H groups in total. The molecule has 1 aromatic rings. The minimum atomic E-state index is 0.427. The Morgan fingerprint density at radius 3 is 2.69 bits per heavy atom. The van der Waals surface area contributed by atoms with Crippen molar-refractivity contribution in [2.24, 2.45) is 5.73 Å². The molecule has 2 rings (SSSR count). The number of rotatable bonds is 3. The lowest BCUT2D eigenvalue weighted by atomic mass is 9.96. The minimum Gasteiger partial charge on any atom is -0.328 e. The second-order valence-corrected chi connectivity index (χ2v) is 6.21. The van der Waals surface area contributed by atoms with Gasteiger partial charge in [-0.2, -0.15) is 11.8 Å². The zero-order valence-corrected chi connectivity index (χ0v) is 10.9. The molecule has 0 bridgehead atoms. The maximum atomic E-state index is 5.98. The first-order valence-corrected chi connectivity index (χ1v) is 7.28. The molecular weight excluding hydrogens is 238 g/mol. The van der Waals surface area contributed by atoms with Crippen LogP contribution in [0.4, 0.5) is 0 Å². The van der Waals surface area contributed by atoms with Crippen LogP contribution in [0.1, 0.15) is 31.2 Å². The number of thioether (sulfide) groups is 1. The van der Waals surface area contributed by atoms with Crippen LogP contribution in [0.3, 0.4) is 0 Å². The summed E-state index contributed by atoms with van der Waals surface area (Å²) in [5, 5.41) is 1.56. The fraction of sp³-hybridized carbons (Fsp3) is 0.538. The Kier molecular flexibility index (Phi) is 4.56. The Labute approximate surface area is 107 Å². The third-order valence-electron chi connectivity index (χ3n) is 3.07. The van der Waals surface area contributed by atoms with Gasteiger partial charge in [0.1, 0.15) is 0 Å². The Balaban J connectivity index is 1.80. The van der Waals surface area contributed by atoms with E-state index in [1.165, 1.54) is 31.2 Å². The van der Waals surface area contributed by atoms with Gasteiger partial charge in [0.25, 0.3) is 0 Å². The van der Waals surface area contributed by atoms with Gasteiger partial charge in [0.15, 0.2) is 0 Å². The van der Waals surface area contributed by atoms with Gasteiger partial charge in [0.05, 0.1) is 0 Å². The van der Waals surface area contributed by atoms with Crippen molar-refractivity contribution in [2.45, 2.75) is 42.7 Å². The predicted molar refractivity (Wildman–Crippen MR) is 73.0 cm³/mol. The highest BCUT2D eigenvalue weighted by atomic mass is 35.5. The largest absolute Gasteiger partial charge is 0.328 e. The van der Waals surface area contributed by atoms with E-state index < -0.39 is 0 Å². The fourth-order valence-corrected chi connectivity index (χ4v) is 3.59.